The molecule has 1 amide bonds. The van der Waals surface area contributed by atoms with E-state index in [9.17, 15) is 14.7 Å². The molecule has 1 aliphatic heterocycles. The largest absolute Gasteiger partial charge is 0.493 e. The molecule has 0 aromatic heterocycles. The van der Waals surface area contributed by atoms with Crippen LogP contribution in [0.3, 0.4) is 0 Å². The molecular weight excluding hydrogens is 258 g/mol. The predicted octanol–water partition coefficient (Wildman–Crippen LogP) is 2.16. The fraction of sp³-hybridized carbons (Fsp3) is 0.467. The van der Waals surface area contributed by atoms with E-state index in [1.165, 1.54) is 4.90 Å². The van der Waals surface area contributed by atoms with Gasteiger partial charge >= 0.3 is 5.97 Å². The van der Waals surface area contributed by atoms with E-state index in [2.05, 4.69) is 0 Å². The Morgan fingerprint density at radius 1 is 1.40 bits per heavy atom. The zero-order valence-electron chi connectivity index (χ0n) is 11.8. The van der Waals surface area contributed by atoms with E-state index in [1.807, 2.05) is 6.92 Å². The summed E-state index contributed by atoms with van der Waals surface area (Å²) in [5.41, 5.74) is -0.708. The van der Waals surface area contributed by atoms with Gasteiger partial charge in [0, 0.05) is 6.54 Å². The second-order valence-corrected chi connectivity index (χ2v) is 5.07. The first-order chi connectivity index (χ1) is 9.50. The number of carbonyl (C=O) groups excluding carboxylic acids is 1. The third-order valence-corrected chi connectivity index (χ3v) is 3.76. The van der Waals surface area contributed by atoms with Crippen LogP contribution in [0.4, 0.5) is 0 Å². The molecule has 1 fully saturated rings. The highest BCUT2D eigenvalue weighted by Gasteiger charge is 2.46. The first kappa shape index (κ1) is 14.4. The van der Waals surface area contributed by atoms with E-state index >= 15 is 0 Å². The van der Waals surface area contributed by atoms with Gasteiger partial charge in [-0.25, -0.2) is 4.79 Å². The first-order valence-electron chi connectivity index (χ1n) is 6.78. The third-order valence-electron chi connectivity index (χ3n) is 3.76. The fourth-order valence-electron chi connectivity index (χ4n) is 2.58. The Morgan fingerprint density at radius 2 is 2.10 bits per heavy atom. The molecule has 2 rings (SSSR count). The van der Waals surface area contributed by atoms with Gasteiger partial charge in [0.1, 0.15) is 11.3 Å². The van der Waals surface area contributed by atoms with Crippen molar-refractivity contribution in [3.05, 3.63) is 29.8 Å². The molecule has 1 unspecified atom stereocenters. The lowest BCUT2D eigenvalue weighted by Gasteiger charge is -2.31. The van der Waals surface area contributed by atoms with Crippen molar-refractivity contribution >= 4 is 11.9 Å². The summed E-state index contributed by atoms with van der Waals surface area (Å²) in [5, 5.41) is 9.39. The molecule has 20 heavy (non-hydrogen) atoms. The van der Waals surface area contributed by atoms with E-state index in [1.54, 1.807) is 31.2 Å². The van der Waals surface area contributed by atoms with Gasteiger partial charge in [0.05, 0.1) is 12.2 Å². The Balaban J connectivity index is 2.34. The molecule has 1 heterocycles. The number of carboxylic acids is 1. The highest BCUT2D eigenvalue weighted by Crippen LogP contribution is 2.32. The molecule has 0 radical (unpaired) electrons. The van der Waals surface area contributed by atoms with Crippen LogP contribution >= 0.6 is 0 Å². The van der Waals surface area contributed by atoms with Crippen LogP contribution in [0.25, 0.3) is 0 Å². The smallest absolute Gasteiger partial charge is 0.329 e. The van der Waals surface area contributed by atoms with Crippen LogP contribution in [-0.4, -0.2) is 40.6 Å². The van der Waals surface area contributed by atoms with Gasteiger partial charge in [-0.15, -0.1) is 0 Å². The number of hydrogen-bond acceptors (Lipinski definition) is 3. The van der Waals surface area contributed by atoms with Gasteiger partial charge < -0.3 is 14.7 Å². The van der Waals surface area contributed by atoms with Crippen molar-refractivity contribution in [3.63, 3.8) is 0 Å². The number of ether oxygens (including phenoxy) is 1. The van der Waals surface area contributed by atoms with Crippen LogP contribution in [0.5, 0.6) is 5.75 Å². The normalized spacial score (nSPS) is 21.8. The Bertz CT molecular complexity index is 528. The molecular formula is C15H19NO4. The predicted molar refractivity (Wildman–Crippen MR) is 73.9 cm³/mol. The molecule has 1 aliphatic rings. The summed E-state index contributed by atoms with van der Waals surface area (Å²) < 4.78 is 5.45. The van der Waals surface area contributed by atoms with E-state index in [-0.39, 0.29) is 5.91 Å². The van der Waals surface area contributed by atoms with Crippen LogP contribution in [0.15, 0.2) is 24.3 Å². The lowest BCUT2D eigenvalue weighted by Crippen LogP contribution is -2.50. The van der Waals surface area contributed by atoms with Crippen LogP contribution in [0.2, 0.25) is 0 Å². The maximum Gasteiger partial charge on any atom is 0.329 e. The molecule has 1 saturated heterocycles. The standard InChI is InChI=1S/C15H19NO4/c1-3-20-12-8-5-4-7-11(12)13(17)16-10-6-9-15(16,2)14(18)19/h4-5,7-8H,3,6,9-10H2,1-2H3,(H,18,19). The maximum atomic E-state index is 12.6. The summed E-state index contributed by atoms with van der Waals surface area (Å²) in [7, 11) is 0. The van der Waals surface area contributed by atoms with E-state index in [4.69, 9.17) is 4.74 Å². The van der Waals surface area contributed by atoms with E-state index in [0.717, 1.165) is 0 Å². The number of carbonyl (C=O) groups is 2. The Labute approximate surface area is 118 Å². The Morgan fingerprint density at radius 3 is 2.75 bits per heavy atom. The first-order valence-corrected chi connectivity index (χ1v) is 6.78. The van der Waals surface area contributed by atoms with Gasteiger partial charge in [0.25, 0.3) is 5.91 Å². The number of likely N-dealkylation sites (tertiary alicyclic amines) is 1. The molecule has 1 aromatic rings. The zero-order chi connectivity index (χ0) is 14.8. The SMILES string of the molecule is CCOc1ccccc1C(=O)N1CCCC1(C)C(=O)O. The van der Waals surface area contributed by atoms with Gasteiger partial charge in [-0.3, -0.25) is 4.79 Å². The van der Waals surface area contributed by atoms with Gasteiger partial charge in [-0.2, -0.15) is 0 Å². The van der Waals surface area contributed by atoms with Gasteiger partial charge in [-0.05, 0) is 38.8 Å². The lowest BCUT2D eigenvalue weighted by molar-refractivity contribution is -0.147. The fourth-order valence-corrected chi connectivity index (χ4v) is 2.58. The molecule has 1 atom stereocenters. The Kier molecular flexibility index (Phi) is 3.97. The minimum Gasteiger partial charge on any atom is -0.493 e. The number of rotatable bonds is 4. The lowest BCUT2D eigenvalue weighted by atomic mass is 9.98. The van der Waals surface area contributed by atoms with Crippen LogP contribution in [0, 0.1) is 0 Å². The Hall–Kier alpha value is -2.04. The summed E-state index contributed by atoms with van der Waals surface area (Å²) in [6.45, 7) is 4.37. The minimum atomic E-state index is -1.13. The monoisotopic (exact) mass is 277 g/mol. The molecule has 5 heteroatoms. The molecule has 5 nitrogen and oxygen atoms in total. The van der Waals surface area contributed by atoms with E-state index < -0.39 is 11.5 Å². The summed E-state index contributed by atoms with van der Waals surface area (Å²) in [6.07, 6.45) is 1.18. The number of amides is 1. The van der Waals surface area contributed by atoms with Crippen molar-refractivity contribution in [1.29, 1.82) is 0 Å². The van der Waals surface area contributed by atoms with Crippen molar-refractivity contribution in [3.8, 4) is 5.75 Å². The summed E-state index contributed by atoms with van der Waals surface area (Å²) in [6, 6.07) is 6.95. The average Bonchev–Trinajstić information content (AvgIpc) is 2.82. The number of hydrogen-bond donors (Lipinski definition) is 1. The van der Waals surface area contributed by atoms with Crippen molar-refractivity contribution in [1.82, 2.24) is 4.90 Å². The van der Waals surface area contributed by atoms with Crippen LogP contribution in [0.1, 0.15) is 37.0 Å². The topological polar surface area (TPSA) is 66.8 Å². The second kappa shape index (κ2) is 5.53. The van der Waals surface area contributed by atoms with E-state index in [0.29, 0.717) is 37.3 Å². The average molecular weight is 277 g/mol. The highest BCUT2D eigenvalue weighted by molar-refractivity contribution is 6.00. The minimum absolute atomic E-state index is 0.281. The summed E-state index contributed by atoms with van der Waals surface area (Å²) >= 11 is 0. The van der Waals surface area contributed by atoms with Crippen molar-refractivity contribution < 1.29 is 19.4 Å². The number of nitrogens with zero attached hydrogens (tertiary/aromatic N) is 1. The van der Waals surface area contributed by atoms with Crippen LogP contribution < -0.4 is 4.74 Å². The molecule has 0 spiro atoms. The molecule has 0 aliphatic carbocycles. The third kappa shape index (κ3) is 2.35. The molecule has 0 bridgehead atoms. The summed E-state index contributed by atoms with van der Waals surface area (Å²) in [5.74, 6) is -0.742. The molecule has 108 valence electrons. The summed E-state index contributed by atoms with van der Waals surface area (Å²) in [4.78, 5) is 25.5. The van der Waals surface area contributed by atoms with Crippen molar-refractivity contribution in [2.75, 3.05) is 13.2 Å². The highest BCUT2D eigenvalue weighted by atomic mass is 16.5. The van der Waals surface area contributed by atoms with Crippen molar-refractivity contribution in [2.24, 2.45) is 0 Å². The van der Waals surface area contributed by atoms with Gasteiger partial charge in [-0.1, -0.05) is 12.1 Å². The van der Waals surface area contributed by atoms with Gasteiger partial charge in [0.2, 0.25) is 0 Å². The number of benzene rings is 1. The quantitative estimate of drug-likeness (QED) is 0.916. The number of aliphatic carboxylic acids is 1. The van der Waals surface area contributed by atoms with Crippen LogP contribution in [-0.2, 0) is 4.79 Å². The maximum absolute atomic E-state index is 12.6. The number of carboxylic acid groups (broad SMARTS) is 1. The van der Waals surface area contributed by atoms with Gasteiger partial charge in [0.15, 0.2) is 0 Å². The second-order valence-electron chi connectivity index (χ2n) is 5.07. The number of para-hydroxylation sites is 1. The van der Waals surface area contributed by atoms with Crippen molar-refractivity contribution in [2.45, 2.75) is 32.2 Å². The molecule has 1 N–H and O–H groups in total. The zero-order valence-corrected chi connectivity index (χ0v) is 11.8. The molecule has 0 saturated carbocycles. The molecule has 1 aromatic carbocycles.